The third-order valence-corrected chi connectivity index (χ3v) is 4.51. The fraction of sp³-hybridized carbons (Fsp3) is 0.333. The Kier molecular flexibility index (Phi) is 4.24. The maximum absolute atomic E-state index is 12.8. The van der Waals surface area contributed by atoms with Gasteiger partial charge in [0.25, 0.3) is 0 Å². The lowest BCUT2D eigenvalue weighted by atomic mass is 10.0. The van der Waals surface area contributed by atoms with Crippen LogP contribution < -0.4 is 5.32 Å². The van der Waals surface area contributed by atoms with Gasteiger partial charge in [-0.2, -0.15) is 5.10 Å². The van der Waals surface area contributed by atoms with Crippen molar-refractivity contribution in [2.45, 2.75) is 30.3 Å². The zero-order valence-corrected chi connectivity index (χ0v) is 12.3. The van der Waals surface area contributed by atoms with Crippen molar-refractivity contribution in [2.24, 2.45) is 0 Å². The van der Waals surface area contributed by atoms with E-state index in [9.17, 15) is 9.18 Å². The Morgan fingerprint density at radius 3 is 3.00 bits per heavy atom. The van der Waals surface area contributed by atoms with Gasteiger partial charge in [-0.15, -0.1) is 11.8 Å². The molecule has 3 rings (SSSR count). The van der Waals surface area contributed by atoms with E-state index in [0.29, 0.717) is 5.75 Å². The Balaban J connectivity index is 1.47. The van der Waals surface area contributed by atoms with Crippen LogP contribution in [0.5, 0.6) is 0 Å². The third-order valence-electron chi connectivity index (χ3n) is 3.50. The Morgan fingerprint density at radius 2 is 2.19 bits per heavy atom. The molecule has 0 radical (unpaired) electrons. The summed E-state index contributed by atoms with van der Waals surface area (Å²) in [5, 5.41) is 7.28. The Labute approximate surface area is 126 Å². The highest BCUT2D eigenvalue weighted by Gasteiger charge is 2.20. The number of nitrogens with zero attached hydrogens (tertiary/aromatic N) is 2. The highest BCUT2D eigenvalue weighted by atomic mass is 32.2. The van der Waals surface area contributed by atoms with Gasteiger partial charge in [-0.3, -0.25) is 9.48 Å². The fourth-order valence-electron chi connectivity index (χ4n) is 2.44. The van der Waals surface area contributed by atoms with Crippen LogP contribution in [0.4, 0.5) is 4.39 Å². The minimum Gasteiger partial charge on any atom is -0.352 e. The summed E-state index contributed by atoms with van der Waals surface area (Å²) in [5.74, 6) is 0.103. The molecule has 0 saturated heterocycles. The largest absolute Gasteiger partial charge is 0.352 e. The monoisotopic (exact) mass is 305 g/mol. The molecule has 6 heteroatoms. The molecule has 21 heavy (non-hydrogen) atoms. The van der Waals surface area contributed by atoms with Gasteiger partial charge in [-0.25, -0.2) is 4.39 Å². The van der Waals surface area contributed by atoms with Crippen molar-refractivity contribution < 1.29 is 9.18 Å². The summed E-state index contributed by atoms with van der Waals surface area (Å²) in [6.45, 7) is 0.846. The number of aryl methyl sites for hydroxylation is 1. The number of carbonyl (C=O) groups excluding carboxylic acids is 1. The van der Waals surface area contributed by atoms with E-state index in [2.05, 4.69) is 10.4 Å². The molecule has 0 saturated carbocycles. The number of hydrogen-bond donors (Lipinski definition) is 1. The fourth-order valence-corrected chi connectivity index (χ4v) is 3.15. The second-order valence-corrected chi connectivity index (χ2v) is 6.09. The summed E-state index contributed by atoms with van der Waals surface area (Å²) < 4.78 is 14.8. The molecule has 2 aromatic rings. The SMILES string of the molecule is O=C(CSc1ccc(F)cc1)NC1CCn2nccc2C1. The van der Waals surface area contributed by atoms with Crippen molar-refractivity contribution in [1.82, 2.24) is 15.1 Å². The van der Waals surface area contributed by atoms with Crippen LogP contribution in [0.15, 0.2) is 41.4 Å². The summed E-state index contributed by atoms with van der Waals surface area (Å²) in [5.41, 5.74) is 1.16. The first kappa shape index (κ1) is 14.1. The molecule has 1 aliphatic rings. The first-order chi connectivity index (χ1) is 10.2. The number of rotatable bonds is 4. The quantitative estimate of drug-likeness (QED) is 0.881. The third kappa shape index (κ3) is 3.64. The van der Waals surface area contributed by atoms with E-state index in [0.717, 1.165) is 30.0 Å². The molecule has 1 unspecified atom stereocenters. The number of fused-ring (bicyclic) bond motifs is 1. The minimum absolute atomic E-state index is 0.0160. The standard InChI is InChI=1S/C15H16FN3OS/c16-11-1-3-14(4-2-11)21-10-15(20)18-12-6-8-19-13(9-12)5-7-17-19/h1-5,7,12H,6,8-10H2,(H,18,20). The van der Waals surface area contributed by atoms with Crippen molar-refractivity contribution in [3.63, 3.8) is 0 Å². The average molecular weight is 305 g/mol. The van der Waals surface area contributed by atoms with E-state index in [4.69, 9.17) is 0 Å². The van der Waals surface area contributed by atoms with Crippen LogP contribution in [-0.2, 0) is 17.8 Å². The number of thioether (sulfide) groups is 1. The molecular formula is C15H16FN3OS. The van der Waals surface area contributed by atoms with Crippen LogP contribution in [0, 0.1) is 5.82 Å². The smallest absolute Gasteiger partial charge is 0.230 e. The van der Waals surface area contributed by atoms with Gasteiger partial charge >= 0.3 is 0 Å². The molecular weight excluding hydrogens is 289 g/mol. The lowest BCUT2D eigenvalue weighted by Crippen LogP contribution is -2.41. The number of halogens is 1. The van der Waals surface area contributed by atoms with Crippen LogP contribution in [0.25, 0.3) is 0 Å². The molecule has 1 N–H and O–H groups in total. The maximum atomic E-state index is 12.8. The van der Waals surface area contributed by atoms with E-state index in [1.54, 1.807) is 18.3 Å². The second kappa shape index (κ2) is 6.30. The molecule has 1 aromatic carbocycles. The molecule has 4 nitrogen and oxygen atoms in total. The normalized spacial score (nSPS) is 17.3. The summed E-state index contributed by atoms with van der Waals surface area (Å²) >= 11 is 1.42. The zero-order valence-electron chi connectivity index (χ0n) is 11.5. The summed E-state index contributed by atoms with van der Waals surface area (Å²) in [4.78, 5) is 12.9. The minimum atomic E-state index is -0.261. The van der Waals surface area contributed by atoms with Crippen molar-refractivity contribution >= 4 is 17.7 Å². The molecule has 1 aliphatic heterocycles. The summed E-state index contributed by atoms with van der Waals surface area (Å²) in [6, 6.07) is 8.35. The number of amides is 1. The number of nitrogens with one attached hydrogen (secondary N) is 1. The van der Waals surface area contributed by atoms with Crippen LogP contribution in [0.1, 0.15) is 12.1 Å². The second-order valence-electron chi connectivity index (χ2n) is 5.05. The average Bonchev–Trinajstić information content (AvgIpc) is 2.94. The van der Waals surface area contributed by atoms with Gasteiger partial charge in [0, 0.05) is 35.8 Å². The number of benzene rings is 1. The van der Waals surface area contributed by atoms with Gasteiger partial charge in [-0.05, 0) is 36.8 Å². The van der Waals surface area contributed by atoms with Crippen molar-refractivity contribution in [1.29, 1.82) is 0 Å². The lowest BCUT2D eigenvalue weighted by molar-refractivity contribution is -0.119. The van der Waals surface area contributed by atoms with Crippen molar-refractivity contribution in [2.75, 3.05) is 5.75 Å². The Hall–Kier alpha value is -1.82. The predicted molar refractivity (Wildman–Crippen MR) is 79.6 cm³/mol. The maximum Gasteiger partial charge on any atom is 0.230 e. The topological polar surface area (TPSA) is 46.9 Å². The first-order valence-electron chi connectivity index (χ1n) is 6.89. The highest BCUT2D eigenvalue weighted by Crippen LogP contribution is 2.18. The molecule has 0 aliphatic carbocycles. The molecule has 0 spiro atoms. The summed E-state index contributed by atoms with van der Waals surface area (Å²) in [6.07, 6.45) is 3.53. The van der Waals surface area contributed by atoms with Crippen molar-refractivity contribution in [3.05, 3.63) is 48.0 Å². The number of carbonyl (C=O) groups is 1. The molecule has 1 atom stereocenters. The van der Waals surface area contributed by atoms with E-state index in [-0.39, 0.29) is 17.8 Å². The van der Waals surface area contributed by atoms with Crippen LogP contribution in [-0.4, -0.2) is 27.5 Å². The Morgan fingerprint density at radius 1 is 1.38 bits per heavy atom. The van der Waals surface area contributed by atoms with E-state index >= 15 is 0 Å². The van der Waals surface area contributed by atoms with Gasteiger partial charge in [0.05, 0.1) is 5.75 Å². The van der Waals surface area contributed by atoms with Gasteiger partial charge in [-0.1, -0.05) is 0 Å². The molecule has 0 bridgehead atoms. The Bertz CT molecular complexity index is 626. The molecule has 110 valence electrons. The first-order valence-corrected chi connectivity index (χ1v) is 7.88. The van der Waals surface area contributed by atoms with Gasteiger partial charge in [0.15, 0.2) is 0 Å². The molecule has 1 aromatic heterocycles. The molecule has 1 amide bonds. The molecule has 0 fully saturated rings. The summed E-state index contributed by atoms with van der Waals surface area (Å²) in [7, 11) is 0. The zero-order chi connectivity index (χ0) is 14.7. The highest BCUT2D eigenvalue weighted by molar-refractivity contribution is 8.00. The lowest BCUT2D eigenvalue weighted by Gasteiger charge is -2.24. The number of hydrogen-bond acceptors (Lipinski definition) is 3. The predicted octanol–water partition coefficient (Wildman–Crippen LogP) is 2.25. The van der Waals surface area contributed by atoms with Crippen LogP contribution >= 0.6 is 11.8 Å². The number of aromatic nitrogens is 2. The van der Waals surface area contributed by atoms with Crippen LogP contribution in [0.2, 0.25) is 0 Å². The molecule has 2 heterocycles. The van der Waals surface area contributed by atoms with Gasteiger partial charge < -0.3 is 5.32 Å². The van der Waals surface area contributed by atoms with E-state index < -0.39 is 0 Å². The van der Waals surface area contributed by atoms with Gasteiger partial charge in [0.2, 0.25) is 5.91 Å². The van der Waals surface area contributed by atoms with Crippen molar-refractivity contribution in [3.8, 4) is 0 Å². The van der Waals surface area contributed by atoms with Crippen LogP contribution in [0.3, 0.4) is 0 Å². The van der Waals surface area contributed by atoms with E-state index in [1.807, 2.05) is 10.7 Å². The van der Waals surface area contributed by atoms with Gasteiger partial charge in [0.1, 0.15) is 5.82 Å². The van der Waals surface area contributed by atoms with E-state index in [1.165, 1.54) is 23.9 Å².